The Morgan fingerprint density at radius 2 is 0.891 bits per heavy atom. The van der Waals surface area contributed by atoms with Gasteiger partial charge in [-0.15, -0.1) is 0 Å². The van der Waals surface area contributed by atoms with Crippen molar-refractivity contribution in [2.75, 3.05) is 93.5 Å². The molecule has 0 saturated heterocycles. The first-order valence-electron chi connectivity index (χ1n) is 14.5. The fourth-order valence-corrected chi connectivity index (χ4v) is 5.07. The lowest BCUT2D eigenvalue weighted by molar-refractivity contribution is -0.0603. The van der Waals surface area contributed by atoms with Crippen molar-refractivity contribution in [3.05, 3.63) is 59.7 Å². The third-order valence-corrected chi connectivity index (χ3v) is 8.50. The van der Waals surface area contributed by atoms with E-state index in [9.17, 15) is 21.9 Å². The number of aliphatic hydroxyl groups is 2. The lowest BCUT2D eigenvalue weighted by Crippen LogP contribution is -2.27. The van der Waals surface area contributed by atoms with Crippen LogP contribution in [0, 0.1) is 13.8 Å². The lowest BCUT2D eigenvalue weighted by atomic mass is 10.2. The van der Waals surface area contributed by atoms with Crippen LogP contribution in [0.15, 0.2) is 58.3 Å². The van der Waals surface area contributed by atoms with Crippen molar-refractivity contribution in [2.45, 2.75) is 35.8 Å². The smallest absolute Gasteiger partial charge is 0.297 e. The number of hydrogen-bond acceptors (Lipinski definition) is 14. The van der Waals surface area contributed by atoms with Gasteiger partial charge >= 0.3 is 0 Å². The molecule has 0 aliphatic rings. The Labute approximate surface area is 272 Å². The van der Waals surface area contributed by atoms with E-state index in [1.165, 1.54) is 24.3 Å². The van der Waals surface area contributed by atoms with Crippen LogP contribution in [-0.4, -0.2) is 133 Å². The van der Waals surface area contributed by atoms with Gasteiger partial charge in [0.05, 0.1) is 89.1 Å². The van der Waals surface area contributed by atoms with Crippen LogP contribution >= 0.6 is 0 Å². The Morgan fingerprint density at radius 1 is 0.543 bits per heavy atom. The zero-order valence-corrected chi connectivity index (χ0v) is 28.5. The summed E-state index contributed by atoms with van der Waals surface area (Å²) in [6.45, 7) is 5.12. The molecule has 2 rings (SSSR count). The van der Waals surface area contributed by atoms with E-state index < -0.39 is 26.3 Å². The van der Waals surface area contributed by atoms with E-state index in [1.807, 2.05) is 13.8 Å². The standard InChI is InChI=1S/C21H28O9S2.C9H20O5/c1-17-3-7-20(8-4-17)31(23,24)29-13-11-27-16-19(15-22)28-12-14-30-32(25,26)21-9-5-18(2)6-10-21;1-11-3-5-13-8-9(7-10)14-6-4-12-2/h3-10,19,22H,11-16H2,1-2H3;9-10H,3-8H2,1-2H3. The zero-order valence-electron chi connectivity index (χ0n) is 26.9. The average Bonchev–Trinajstić information content (AvgIpc) is 3.03. The zero-order chi connectivity index (χ0) is 34.3. The molecule has 0 radical (unpaired) electrons. The Bertz CT molecular complexity index is 1250. The van der Waals surface area contributed by atoms with E-state index in [-0.39, 0.29) is 62.1 Å². The molecule has 0 saturated carbocycles. The van der Waals surface area contributed by atoms with Gasteiger partial charge < -0.3 is 38.6 Å². The summed E-state index contributed by atoms with van der Waals surface area (Å²) in [6.07, 6.45) is -1.00. The minimum absolute atomic E-state index is 0.0326. The summed E-state index contributed by atoms with van der Waals surface area (Å²) in [5.41, 5.74) is 1.86. The van der Waals surface area contributed by atoms with Crippen molar-refractivity contribution in [3.63, 3.8) is 0 Å². The molecule has 2 aromatic carbocycles. The van der Waals surface area contributed by atoms with Crippen LogP contribution in [0.2, 0.25) is 0 Å². The maximum atomic E-state index is 12.1. The van der Waals surface area contributed by atoms with Gasteiger partial charge in [-0.2, -0.15) is 16.8 Å². The van der Waals surface area contributed by atoms with Gasteiger partial charge in [-0.05, 0) is 38.1 Å². The SMILES string of the molecule is COCCOCC(CO)OCCOC.Cc1ccc(S(=O)(=O)OCCOCC(CO)OCCOS(=O)(=O)c2ccc(C)cc2)cc1. The van der Waals surface area contributed by atoms with Crippen molar-refractivity contribution in [1.29, 1.82) is 0 Å². The Kier molecular flexibility index (Phi) is 22.0. The maximum absolute atomic E-state index is 12.1. The second-order valence-corrected chi connectivity index (χ2v) is 12.9. The summed E-state index contributed by atoms with van der Waals surface area (Å²) < 4.78 is 88.9. The number of hydrogen-bond donors (Lipinski definition) is 2. The highest BCUT2D eigenvalue weighted by Gasteiger charge is 2.17. The van der Waals surface area contributed by atoms with E-state index >= 15 is 0 Å². The number of aryl methyl sites for hydroxylation is 2. The molecule has 0 fully saturated rings. The molecule has 0 aliphatic heterocycles. The van der Waals surface area contributed by atoms with Gasteiger partial charge in [-0.3, -0.25) is 8.37 Å². The molecule has 2 N–H and O–H groups in total. The van der Waals surface area contributed by atoms with E-state index in [0.717, 1.165) is 11.1 Å². The highest BCUT2D eigenvalue weighted by Crippen LogP contribution is 2.14. The van der Waals surface area contributed by atoms with Gasteiger partial charge in [0, 0.05) is 14.2 Å². The summed E-state index contributed by atoms with van der Waals surface area (Å²) in [6, 6.07) is 12.5. The summed E-state index contributed by atoms with van der Waals surface area (Å²) in [5.74, 6) is 0. The lowest BCUT2D eigenvalue weighted by Gasteiger charge is -2.16. The molecule has 16 heteroatoms. The van der Waals surface area contributed by atoms with Crippen molar-refractivity contribution < 1.29 is 63.8 Å². The van der Waals surface area contributed by atoms with Gasteiger partial charge in [0.15, 0.2) is 0 Å². The first kappa shape index (κ1) is 42.0. The summed E-state index contributed by atoms with van der Waals surface area (Å²) in [5, 5.41) is 18.3. The molecule has 14 nitrogen and oxygen atoms in total. The van der Waals surface area contributed by atoms with E-state index in [4.69, 9.17) is 41.9 Å². The molecule has 0 spiro atoms. The summed E-state index contributed by atoms with van der Waals surface area (Å²) >= 11 is 0. The predicted octanol–water partition coefficient (Wildman–Crippen LogP) is 1.48. The average molecular weight is 697 g/mol. The minimum Gasteiger partial charge on any atom is -0.394 e. The molecule has 0 amide bonds. The summed E-state index contributed by atoms with van der Waals surface area (Å²) in [4.78, 5) is 0.103. The molecule has 2 aromatic rings. The van der Waals surface area contributed by atoms with Crippen LogP contribution in [0.25, 0.3) is 0 Å². The molecule has 0 aliphatic carbocycles. The molecule has 0 aromatic heterocycles. The van der Waals surface area contributed by atoms with Crippen molar-refractivity contribution in [2.24, 2.45) is 0 Å². The van der Waals surface area contributed by atoms with Crippen LogP contribution < -0.4 is 0 Å². The predicted molar refractivity (Wildman–Crippen MR) is 168 cm³/mol. The van der Waals surface area contributed by atoms with E-state index in [2.05, 4.69) is 0 Å². The van der Waals surface area contributed by atoms with Crippen LogP contribution in [0.1, 0.15) is 11.1 Å². The number of rotatable bonds is 24. The molecule has 2 unspecified atom stereocenters. The fourth-order valence-electron chi connectivity index (χ4n) is 3.28. The molecular weight excluding hydrogens is 648 g/mol. The first-order valence-corrected chi connectivity index (χ1v) is 17.3. The molecule has 46 heavy (non-hydrogen) atoms. The molecule has 264 valence electrons. The van der Waals surface area contributed by atoms with Crippen LogP contribution in [-0.2, 0) is 57.0 Å². The molecule has 0 bridgehead atoms. The van der Waals surface area contributed by atoms with Gasteiger partial charge in [-0.1, -0.05) is 35.4 Å². The van der Waals surface area contributed by atoms with E-state index in [0.29, 0.717) is 33.0 Å². The van der Waals surface area contributed by atoms with Crippen molar-refractivity contribution in [1.82, 2.24) is 0 Å². The highest BCUT2D eigenvalue weighted by atomic mass is 32.2. The first-order chi connectivity index (χ1) is 22.0. The van der Waals surface area contributed by atoms with Crippen molar-refractivity contribution in [3.8, 4) is 0 Å². The van der Waals surface area contributed by atoms with Gasteiger partial charge in [0.25, 0.3) is 20.2 Å². The summed E-state index contributed by atoms with van der Waals surface area (Å²) in [7, 11) is -4.55. The maximum Gasteiger partial charge on any atom is 0.297 e. The Balaban J connectivity index is 0.000000636. The van der Waals surface area contributed by atoms with Crippen molar-refractivity contribution >= 4 is 20.2 Å². The highest BCUT2D eigenvalue weighted by molar-refractivity contribution is 7.87. The Hall–Kier alpha value is -2.06. The number of aliphatic hydroxyl groups excluding tert-OH is 2. The van der Waals surface area contributed by atoms with Crippen LogP contribution in [0.3, 0.4) is 0 Å². The van der Waals surface area contributed by atoms with Gasteiger partial charge in [0.1, 0.15) is 12.2 Å². The van der Waals surface area contributed by atoms with E-state index in [1.54, 1.807) is 38.5 Å². The molecule has 2 atom stereocenters. The normalized spacial score (nSPS) is 13.2. The number of ether oxygens (including phenoxy) is 6. The number of benzene rings is 2. The van der Waals surface area contributed by atoms with Crippen LogP contribution in [0.5, 0.6) is 0 Å². The minimum atomic E-state index is -3.89. The number of methoxy groups -OCH3 is 2. The topological polar surface area (TPSA) is 183 Å². The molecule has 0 heterocycles. The van der Waals surface area contributed by atoms with Gasteiger partial charge in [-0.25, -0.2) is 0 Å². The molecular formula is C30H48O14S2. The largest absolute Gasteiger partial charge is 0.394 e. The monoisotopic (exact) mass is 696 g/mol. The second kappa shape index (κ2) is 24.1. The van der Waals surface area contributed by atoms with Gasteiger partial charge in [0.2, 0.25) is 0 Å². The Morgan fingerprint density at radius 3 is 1.28 bits per heavy atom. The fraction of sp³-hybridized carbons (Fsp3) is 0.600. The second-order valence-electron chi connectivity index (χ2n) is 9.66. The quantitative estimate of drug-likeness (QED) is 0.119. The third kappa shape index (κ3) is 18.3. The third-order valence-electron chi connectivity index (χ3n) is 5.85. The van der Waals surface area contributed by atoms with Crippen LogP contribution in [0.4, 0.5) is 0 Å².